The highest BCUT2D eigenvalue weighted by molar-refractivity contribution is 6.01. The Bertz CT molecular complexity index is 991. The predicted octanol–water partition coefficient (Wildman–Crippen LogP) is 4.45. The molecule has 0 aliphatic carbocycles. The molecule has 0 spiro atoms. The third-order valence-corrected chi connectivity index (χ3v) is 5.31. The van der Waals surface area contributed by atoms with E-state index in [2.05, 4.69) is 35.4 Å². The van der Waals surface area contributed by atoms with Crippen LogP contribution in [0.3, 0.4) is 0 Å². The van der Waals surface area contributed by atoms with Gasteiger partial charge in [0.15, 0.2) is 0 Å². The monoisotopic (exact) mass is 375 g/mol. The first-order valence-corrected chi connectivity index (χ1v) is 9.52. The lowest BCUT2D eigenvalue weighted by Gasteiger charge is -2.38. The Morgan fingerprint density at radius 1 is 1.07 bits per heavy atom. The number of fused-ring (bicyclic) bond motifs is 1. The number of nitrogens with zero attached hydrogens (tertiary/aromatic N) is 1. The topological polar surface area (TPSA) is 57.4 Å². The van der Waals surface area contributed by atoms with Gasteiger partial charge in [0.2, 0.25) is 0 Å². The van der Waals surface area contributed by atoms with Gasteiger partial charge in [0.05, 0.1) is 12.7 Å². The molecule has 4 rings (SSSR count). The molecule has 1 aliphatic rings. The molecule has 2 aromatic carbocycles. The van der Waals surface area contributed by atoms with E-state index in [9.17, 15) is 4.79 Å². The number of aromatic amines is 1. The number of nitrogens with one attached hydrogen (secondary N) is 2. The number of H-pyrrole nitrogens is 1. The number of anilines is 1. The Labute approximate surface area is 165 Å². The molecule has 0 fully saturated rings. The molecule has 2 N–H and O–H groups in total. The summed E-state index contributed by atoms with van der Waals surface area (Å²) in [4.78, 5) is 18.6. The summed E-state index contributed by atoms with van der Waals surface area (Å²) in [5.74, 6) is 0.899. The van der Waals surface area contributed by atoms with E-state index in [4.69, 9.17) is 4.74 Å². The second-order valence-corrected chi connectivity index (χ2v) is 7.22. The normalized spacial score (nSPS) is 15.9. The van der Waals surface area contributed by atoms with E-state index < -0.39 is 0 Å². The van der Waals surface area contributed by atoms with Gasteiger partial charge in [0.25, 0.3) is 5.91 Å². The molecule has 1 amide bonds. The number of aryl methyl sites for hydroxylation is 2. The van der Waals surface area contributed by atoms with Crippen molar-refractivity contribution in [3.05, 3.63) is 82.7 Å². The van der Waals surface area contributed by atoms with Gasteiger partial charge in [-0.05, 0) is 56.2 Å². The van der Waals surface area contributed by atoms with Gasteiger partial charge in [-0.25, -0.2) is 0 Å². The smallest absolute Gasteiger partial charge is 0.257 e. The maximum absolute atomic E-state index is 13.3. The highest BCUT2D eigenvalue weighted by atomic mass is 16.5. The molecule has 1 aliphatic heterocycles. The lowest BCUT2D eigenvalue weighted by Crippen LogP contribution is -2.44. The SMILES string of the molecule is COc1ccc(CCN2C(=O)c3ccccc3N[C@@H]2c2cc(C)[nH]c2C)cc1. The van der Waals surface area contributed by atoms with Crippen LogP contribution in [0.2, 0.25) is 0 Å². The zero-order valence-corrected chi connectivity index (χ0v) is 16.5. The molecule has 0 saturated heterocycles. The fourth-order valence-electron chi connectivity index (χ4n) is 3.84. The highest BCUT2D eigenvalue weighted by Gasteiger charge is 2.33. The average molecular weight is 375 g/mol. The van der Waals surface area contributed by atoms with Crippen LogP contribution < -0.4 is 10.1 Å². The summed E-state index contributed by atoms with van der Waals surface area (Å²) in [6.45, 7) is 4.72. The molecule has 28 heavy (non-hydrogen) atoms. The van der Waals surface area contributed by atoms with Crippen molar-refractivity contribution in [1.82, 2.24) is 9.88 Å². The largest absolute Gasteiger partial charge is 0.497 e. The molecule has 0 saturated carbocycles. The first-order valence-electron chi connectivity index (χ1n) is 9.52. The molecular weight excluding hydrogens is 350 g/mol. The van der Waals surface area contributed by atoms with Crippen LogP contribution in [0.1, 0.15) is 39.0 Å². The fourth-order valence-corrected chi connectivity index (χ4v) is 3.84. The number of rotatable bonds is 5. The number of carbonyl (C=O) groups excluding carboxylic acids is 1. The van der Waals surface area contributed by atoms with E-state index >= 15 is 0 Å². The van der Waals surface area contributed by atoms with Crippen molar-refractivity contribution in [3.63, 3.8) is 0 Å². The van der Waals surface area contributed by atoms with E-state index in [1.165, 1.54) is 5.56 Å². The van der Waals surface area contributed by atoms with E-state index in [1.807, 2.05) is 48.2 Å². The molecule has 5 nitrogen and oxygen atoms in total. The zero-order valence-electron chi connectivity index (χ0n) is 16.5. The number of hydrogen-bond acceptors (Lipinski definition) is 3. The Balaban J connectivity index is 1.64. The van der Waals surface area contributed by atoms with Crippen LogP contribution in [-0.4, -0.2) is 29.4 Å². The van der Waals surface area contributed by atoms with Crippen LogP contribution in [0, 0.1) is 13.8 Å². The molecule has 0 unspecified atom stereocenters. The van der Waals surface area contributed by atoms with Gasteiger partial charge in [0.1, 0.15) is 11.9 Å². The Morgan fingerprint density at radius 3 is 2.50 bits per heavy atom. The molecule has 0 bridgehead atoms. The van der Waals surface area contributed by atoms with Crippen molar-refractivity contribution < 1.29 is 9.53 Å². The van der Waals surface area contributed by atoms with E-state index in [0.717, 1.165) is 40.4 Å². The van der Waals surface area contributed by atoms with E-state index in [1.54, 1.807) is 7.11 Å². The number of carbonyl (C=O) groups is 1. The molecule has 1 aromatic heterocycles. The number of amides is 1. The minimum absolute atomic E-state index is 0.0612. The van der Waals surface area contributed by atoms with E-state index in [-0.39, 0.29) is 12.1 Å². The van der Waals surface area contributed by atoms with Crippen LogP contribution in [0.4, 0.5) is 5.69 Å². The van der Waals surface area contributed by atoms with Gasteiger partial charge in [-0.3, -0.25) is 4.79 Å². The minimum Gasteiger partial charge on any atom is -0.497 e. The van der Waals surface area contributed by atoms with Crippen LogP contribution in [-0.2, 0) is 6.42 Å². The number of methoxy groups -OCH3 is 1. The Hall–Kier alpha value is -3.21. The standard InChI is InChI=1S/C23H25N3O2/c1-15-14-20(16(2)24-15)22-25-21-7-5-4-6-19(21)23(27)26(22)13-12-17-8-10-18(28-3)11-9-17/h4-11,14,22,24-25H,12-13H2,1-3H3/t22-/m0/s1. The Morgan fingerprint density at radius 2 is 1.82 bits per heavy atom. The number of aromatic nitrogens is 1. The highest BCUT2D eigenvalue weighted by Crippen LogP contribution is 2.34. The minimum atomic E-state index is -0.189. The van der Waals surface area contributed by atoms with E-state index in [0.29, 0.717) is 6.54 Å². The van der Waals surface area contributed by atoms with Crippen molar-refractivity contribution >= 4 is 11.6 Å². The molecular formula is C23H25N3O2. The molecule has 5 heteroatoms. The van der Waals surface area contributed by atoms with Gasteiger partial charge in [-0.2, -0.15) is 0 Å². The van der Waals surface area contributed by atoms with Crippen molar-refractivity contribution in [2.45, 2.75) is 26.4 Å². The zero-order chi connectivity index (χ0) is 19.7. The number of benzene rings is 2. The lowest BCUT2D eigenvalue weighted by atomic mass is 10.0. The summed E-state index contributed by atoms with van der Waals surface area (Å²) < 4.78 is 5.23. The van der Waals surface area contributed by atoms with Gasteiger partial charge in [0, 0.05) is 29.2 Å². The summed E-state index contributed by atoms with van der Waals surface area (Å²) in [5.41, 5.74) is 6.06. The molecule has 3 aromatic rings. The first-order chi connectivity index (χ1) is 13.6. The molecule has 0 radical (unpaired) electrons. The third kappa shape index (κ3) is 3.36. The van der Waals surface area contributed by atoms with Crippen molar-refractivity contribution in [1.29, 1.82) is 0 Å². The number of para-hydroxylation sites is 1. The third-order valence-electron chi connectivity index (χ3n) is 5.31. The Kier molecular flexibility index (Phi) is 4.82. The first kappa shape index (κ1) is 18.2. The quantitative estimate of drug-likeness (QED) is 0.693. The van der Waals surface area contributed by atoms with Crippen molar-refractivity contribution in [2.75, 3.05) is 19.0 Å². The van der Waals surface area contributed by atoms with Crippen molar-refractivity contribution in [2.24, 2.45) is 0 Å². The fraction of sp³-hybridized carbons (Fsp3) is 0.261. The van der Waals surface area contributed by atoms with Gasteiger partial charge in [-0.1, -0.05) is 24.3 Å². The van der Waals surface area contributed by atoms with Crippen LogP contribution in [0.5, 0.6) is 5.75 Å². The number of hydrogen-bond donors (Lipinski definition) is 2. The van der Waals surface area contributed by atoms with Crippen molar-refractivity contribution in [3.8, 4) is 5.75 Å². The lowest BCUT2D eigenvalue weighted by molar-refractivity contribution is 0.0685. The average Bonchev–Trinajstić information content (AvgIpc) is 3.05. The molecule has 1 atom stereocenters. The maximum Gasteiger partial charge on any atom is 0.257 e. The second-order valence-electron chi connectivity index (χ2n) is 7.22. The second kappa shape index (κ2) is 7.43. The maximum atomic E-state index is 13.3. The summed E-state index contributed by atoms with van der Waals surface area (Å²) in [5, 5.41) is 3.57. The van der Waals surface area contributed by atoms with Gasteiger partial charge >= 0.3 is 0 Å². The van der Waals surface area contributed by atoms with Gasteiger partial charge < -0.3 is 19.9 Å². The van der Waals surface area contributed by atoms with Crippen LogP contribution in [0.25, 0.3) is 0 Å². The summed E-state index contributed by atoms with van der Waals surface area (Å²) in [6, 6.07) is 17.9. The summed E-state index contributed by atoms with van der Waals surface area (Å²) >= 11 is 0. The molecule has 2 heterocycles. The van der Waals surface area contributed by atoms with Crippen LogP contribution >= 0.6 is 0 Å². The predicted molar refractivity (Wildman–Crippen MR) is 111 cm³/mol. The van der Waals surface area contributed by atoms with Crippen LogP contribution in [0.15, 0.2) is 54.6 Å². The van der Waals surface area contributed by atoms with Gasteiger partial charge in [-0.15, -0.1) is 0 Å². The molecule has 144 valence electrons. The summed E-state index contributed by atoms with van der Waals surface area (Å²) in [6.07, 6.45) is 0.587. The summed E-state index contributed by atoms with van der Waals surface area (Å²) in [7, 11) is 1.66. The number of ether oxygens (including phenoxy) is 1.